The number of H-pyrrole nitrogens is 1. The van der Waals surface area contributed by atoms with Crippen LogP contribution in [0.1, 0.15) is 26.4 Å². The van der Waals surface area contributed by atoms with Gasteiger partial charge in [0.05, 0.1) is 0 Å². The van der Waals surface area contributed by atoms with E-state index in [1.807, 2.05) is 30.3 Å². The van der Waals surface area contributed by atoms with Gasteiger partial charge < -0.3 is 15.6 Å². The zero-order valence-corrected chi connectivity index (χ0v) is 16.0. The number of halogens is 1. The molecular formula is C20H19FN4O2S. The first kappa shape index (κ1) is 19.5. The minimum Gasteiger partial charge on any atom is -0.350 e. The van der Waals surface area contributed by atoms with Crippen LogP contribution in [0.3, 0.4) is 0 Å². The Morgan fingerprint density at radius 3 is 2.43 bits per heavy atom. The molecule has 0 aliphatic carbocycles. The summed E-state index contributed by atoms with van der Waals surface area (Å²) in [4.78, 5) is 27.4. The normalized spacial score (nSPS) is 10.5. The molecule has 3 aromatic rings. The zero-order valence-electron chi connectivity index (χ0n) is 15.2. The average Bonchev–Trinajstić information content (AvgIpc) is 3.09. The van der Waals surface area contributed by atoms with Crippen molar-refractivity contribution in [3.8, 4) is 5.69 Å². The highest BCUT2D eigenvalue weighted by molar-refractivity contribution is 7.71. The smallest absolute Gasteiger partial charge is 0.269 e. The number of nitrogens with zero attached hydrogens (tertiary/aromatic N) is 1. The maximum Gasteiger partial charge on any atom is 0.269 e. The third-order valence-corrected chi connectivity index (χ3v) is 4.45. The van der Waals surface area contributed by atoms with Gasteiger partial charge in [-0.2, -0.15) is 0 Å². The molecule has 0 spiro atoms. The highest BCUT2D eigenvalue weighted by Crippen LogP contribution is 2.12. The molecule has 1 heterocycles. The number of aromatic nitrogens is 2. The van der Waals surface area contributed by atoms with E-state index in [1.165, 1.54) is 6.07 Å². The van der Waals surface area contributed by atoms with Crippen LogP contribution in [0, 0.1) is 17.5 Å². The lowest BCUT2D eigenvalue weighted by Gasteiger charge is -2.10. The van der Waals surface area contributed by atoms with Gasteiger partial charge in [0, 0.05) is 30.5 Å². The topological polar surface area (TPSA) is 78.9 Å². The van der Waals surface area contributed by atoms with Crippen molar-refractivity contribution < 1.29 is 14.0 Å². The number of carbonyl (C=O) groups excluding carboxylic acids is 2. The van der Waals surface area contributed by atoms with E-state index in [4.69, 9.17) is 12.2 Å². The van der Waals surface area contributed by atoms with Crippen LogP contribution in [-0.2, 0) is 0 Å². The molecule has 2 amide bonds. The van der Waals surface area contributed by atoms with Crippen molar-refractivity contribution in [3.05, 3.63) is 82.1 Å². The Labute approximate surface area is 166 Å². The number of imidazole rings is 1. The number of nitrogens with one attached hydrogen (secondary N) is 3. The van der Waals surface area contributed by atoms with Crippen LogP contribution in [0.4, 0.5) is 4.39 Å². The van der Waals surface area contributed by atoms with E-state index in [0.717, 1.165) is 5.69 Å². The molecule has 0 aliphatic heterocycles. The van der Waals surface area contributed by atoms with Crippen molar-refractivity contribution in [1.29, 1.82) is 0 Å². The molecule has 1 aromatic heterocycles. The number of aromatic amines is 1. The Morgan fingerprint density at radius 2 is 1.75 bits per heavy atom. The van der Waals surface area contributed by atoms with Crippen LogP contribution in [0.15, 0.2) is 54.7 Å². The standard InChI is InChI=1S/C20H19FN4O2S/c1-13-7-8-14(11-16(13)21)18(26)22-9-10-23-19(27)17-12-24-20(28)25(17)15-5-3-2-4-6-15/h2-8,11-12H,9-10H2,1H3,(H,22,26)(H,23,27)(H,24,28). The van der Waals surface area contributed by atoms with Gasteiger partial charge in [-0.1, -0.05) is 24.3 Å². The predicted octanol–water partition coefficient (Wildman–Crippen LogP) is 3.14. The third kappa shape index (κ3) is 4.34. The molecule has 0 saturated carbocycles. The molecule has 0 unspecified atom stereocenters. The van der Waals surface area contributed by atoms with E-state index < -0.39 is 11.7 Å². The van der Waals surface area contributed by atoms with Gasteiger partial charge in [0.1, 0.15) is 11.5 Å². The van der Waals surface area contributed by atoms with Crippen LogP contribution >= 0.6 is 12.2 Å². The Morgan fingerprint density at radius 1 is 1.07 bits per heavy atom. The maximum absolute atomic E-state index is 13.6. The van der Waals surface area contributed by atoms with Gasteiger partial charge in [0.2, 0.25) is 0 Å². The van der Waals surface area contributed by atoms with E-state index in [2.05, 4.69) is 15.6 Å². The lowest BCUT2D eigenvalue weighted by molar-refractivity contribution is 0.0924. The van der Waals surface area contributed by atoms with Crippen molar-refractivity contribution >= 4 is 24.0 Å². The second-order valence-corrected chi connectivity index (χ2v) is 6.51. The number of carbonyl (C=O) groups is 2. The molecule has 0 radical (unpaired) electrons. The predicted molar refractivity (Wildman–Crippen MR) is 107 cm³/mol. The number of benzene rings is 2. The summed E-state index contributed by atoms with van der Waals surface area (Å²) in [5.41, 5.74) is 1.85. The summed E-state index contributed by atoms with van der Waals surface area (Å²) in [7, 11) is 0. The summed E-state index contributed by atoms with van der Waals surface area (Å²) in [6.07, 6.45) is 1.54. The van der Waals surface area contributed by atoms with Gasteiger partial charge in [0.25, 0.3) is 11.8 Å². The molecule has 3 N–H and O–H groups in total. The molecule has 0 bridgehead atoms. The van der Waals surface area contributed by atoms with Gasteiger partial charge in [-0.3, -0.25) is 14.2 Å². The van der Waals surface area contributed by atoms with Gasteiger partial charge in [0.15, 0.2) is 4.77 Å². The molecule has 0 atom stereocenters. The van der Waals surface area contributed by atoms with Crippen molar-refractivity contribution in [2.45, 2.75) is 6.92 Å². The van der Waals surface area contributed by atoms with E-state index in [-0.39, 0.29) is 24.6 Å². The molecule has 8 heteroatoms. The SMILES string of the molecule is Cc1ccc(C(=O)NCCNC(=O)c2c[nH]c(=S)n2-c2ccccc2)cc1F. The molecule has 144 valence electrons. The largest absolute Gasteiger partial charge is 0.350 e. The molecule has 6 nitrogen and oxygen atoms in total. The first-order valence-electron chi connectivity index (χ1n) is 8.66. The number of hydrogen-bond donors (Lipinski definition) is 3. The second kappa shape index (κ2) is 8.62. The zero-order chi connectivity index (χ0) is 20.1. The average molecular weight is 398 g/mol. The van der Waals surface area contributed by atoms with Crippen molar-refractivity contribution in [2.75, 3.05) is 13.1 Å². The van der Waals surface area contributed by atoms with Crippen LogP contribution < -0.4 is 10.6 Å². The van der Waals surface area contributed by atoms with Crippen LogP contribution in [0.25, 0.3) is 5.69 Å². The number of aryl methyl sites for hydroxylation is 1. The minimum atomic E-state index is -0.432. The minimum absolute atomic E-state index is 0.205. The third-order valence-electron chi connectivity index (χ3n) is 4.15. The summed E-state index contributed by atoms with van der Waals surface area (Å²) in [6, 6.07) is 13.6. The first-order chi connectivity index (χ1) is 13.5. The van der Waals surface area contributed by atoms with E-state index in [9.17, 15) is 14.0 Å². The fourth-order valence-electron chi connectivity index (χ4n) is 2.65. The molecule has 0 saturated heterocycles. The summed E-state index contributed by atoms with van der Waals surface area (Å²) < 4.78 is 15.6. The molecule has 28 heavy (non-hydrogen) atoms. The van der Waals surface area contributed by atoms with Gasteiger partial charge in [-0.05, 0) is 49.0 Å². The van der Waals surface area contributed by atoms with E-state index in [1.54, 1.807) is 29.8 Å². The van der Waals surface area contributed by atoms with E-state index in [0.29, 0.717) is 16.0 Å². The Bertz CT molecular complexity index is 1060. The first-order valence-corrected chi connectivity index (χ1v) is 9.06. The fourth-order valence-corrected chi connectivity index (χ4v) is 2.91. The molecule has 2 aromatic carbocycles. The quantitative estimate of drug-likeness (QED) is 0.441. The summed E-state index contributed by atoms with van der Waals surface area (Å²) >= 11 is 5.26. The summed E-state index contributed by atoms with van der Waals surface area (Å²) in [5.74, 6) is -1.16. The van der Waals surface area contributed by atoms with Crippen molar-refractivity contribution in [3.63, 3.8) is 0 Å². The van der Waals surface area contributed by atoms with Crippen LogP contribution in [0.2, 0.25) is 0 Å². The number of hydrogen-bond acceptors (Lipinski definition) is 3. The lowest BCUT2D eigenvalue weighted by atomic mass is 10.1. The number of para-hydroxylation sites is 1. The van der Waals surface area contributed by atoms with Gasteiger partial charge in [-0.15, -0.1) is 0 Å². The molecule has 0 fully saturated rings. The van der Waals surface area contributed by atoms with Crippen LogP contribution in [0.5, 0.6) is 0 Å². The highest BCUT2D eigenvalue weighted by Gasteiger charge is 2.14. The number of amides is 2. The fraction of sp³-hybridized carbons (Fsp3) is 0.150. The molecule has 0 aliphatic rings. The van der Waals surface area contributed by atoms with Crippen molar-refractivity contribution in [1.82, 2.24) is 20.2 Å². The molecular weight excluding hydrogens is 379 g/mol. The second-order valence-electron chi connectivity index (χ2n) is 6.13. The van der Waals surface area contributed by atoms with Gasteiger partial charge >= 0.3 is 0 Å². The van der Waals surface area contributed by atoms with Crippen molar-refractivity contribution in [2.24, 2.45) is 0 Å². The van der Waals surface area contributed by atoms with E-state index >= 15 is 0 Å². The Balaban J connectivity index is 1.58. The van der Waals surface area contributed by atoms with Gasteiger partial charge in [-0.25, -0.2) is 4.39 Å². The summed E-state index contributed by atoms with van der Waals surface area (Å²) in [5, 5.41) is 5.38. The number of rotatable bonds is 6. The Hall–Kier alpha value is -3.26. The maximum atomic E-state index is 13.6. The van der Waals surface area contributed by atoms with Crippen LogP contribution in [-0.4, -0.2) is 34.5 Å². The monoisotopic (exact) mass is 398 g/mol. The summed E-state index contributed by atoms with van der Waals surface area (Å²) in [6.45, 7) is 2.05. The Kier molecular flexibility index (Phi) is 6.00. The highest BCUT2D eigenvalue weighted by atomic mass is 32.1. The lowest BCUT2D eigenvalue weighted by Crippen LogP contribution is -2.35. The molecule has 3 rings (SSSR count).